The lowest BCUT2D eigenvalue weighted by Gasteiger charge is -2.15. The predicted octanol–water partition coefficient (Wildman–Crippen LogP) is 2.74. The highest BCUT2D eigenvalue weighted by Gasteiger charge is 2.27. The Labute approximate surface area is 97.0 Å². The number of para-hydroxylation sites is 1. The van der Waals surface area contributed by atoms with Crippen molar-refractivity contribution in [1.82, 2.24) is 0 Å². The Kier molecular flexibility index (Phi) is 3.22. The fourth-order valence-corrected chi connectivity index (χ4v) is 1.98. The molecule has 1 aliphatic rings. The zero-order valence-electron chi connectivity index (χ0n) is 9.99. The van der Waals surface area contributed by atoms with Gasteiger partial charge >= 0.3 is 0 Å². The molecular formula is C13H20N2O. The van der Waals surface area contributed by atoms with Crippen LogP contribution in [-0.4, -0.2) is 13.7 Å². The molecule has 1 aromatic carbocycles. The molecule has 0 heterocycles. The molecule has 0 saturated heterocycles. The summed E-state index contributed by atoms with van der Waals surface area (Å²) in [6.45, 7) is 3.28. The van der Waals surface area contributed by atoms with Crippen LogP contribution in [0, 0.1) is 11.8 Å². The molecule has 0 bridgehead atoms. The molecule has 2 rings (SSSR count). The monoisotopic (exact) mass is 220 g/mol. The minimum absolute atomic E-state index is 0.702. The van der Waals surface area contributed by atoms with Crippen molar-refractivity contribution in [2.24, 2.45) is 11.8 Å². The minimum atomic E-state index is 0.702. The van der Waals surface area contributed by atoms with Gasteiger partial charge in [-0.2, -0.15) is 0 Å². The fraction of sp³-hybridized carbons (Fsp3) is 0.538. The lowest BCUT2D eigenvalue weighted by Crippen LogP contribution is -2.14. The van der Waals surface area contributed by atoms with Gasteiger partial charge in [-0.25, -0.2) is 0 Å². The summed E-state index contributed by atoms with van der Waals surface area (Å²) in [5, 5.41) is 3.40. The Morgan fingerprint density at radius 1 is 1.50 bits per heavy atom. The van der Waals surface area contributed by atoms with Crippen LogP contribution in [0.4, 0.5) is 11.4 Å². The van der Waals surface area contributed by atoms with Gasteiger partial charge in [0.2, 0.25) is 0 Å². The smallest absolute Gasteiger partial charge is 0.143 e. The van der Waals surface area contributed by atoms with Crippen molar-refractivity contribution in [1.29, 1.82) is 0 Å². The summed E-state index contributed by atoms with van der Waals surface area (Å²) < 4.78 is 5.19. The summed E-state index contributed by atoms with van der Waals surface area (Å²) in [6, 6.07) is 5.83. The standard InChI is InChI=1S/C13H20N2O/c1-9(10-6-7-10)8-15-11-4-3-5-12(16-2)13(11)14/h3-5,9-10,15H,6-8,14H2,1-2H3. The molecule has 0 amide bonds. The maximum atomic E-state index is 5.98. The Balaban J connectivity index is 1.97. The van der Waals surface area contributed by atoms with Gasteiger partial charge in [-0.1, -0.05) is 13.0 Å². The second-order valence-electron chi connectivity index (χ2n) is 4.62. The van der Waals surface area contributed by atoms with Crippen LogP contribution in [0.15, 0.2) is 18.2 Å². The number of ether oxygens (including phenoxy) is 1. The summed E-state index contributed by atoms with van der Waals surface area (Å²) in [5.74, 6) is 2.38. The molecule has 1 aliphatic carbocycles. The van der Waals surface area contributed by atoms with Gasteiger partial charge in [-0.3, -0.25) is 0 Å². The molecule has 0 spiro atoms. The highest BCUT2D eigenvalue weighted by atomic mass is 16.5. The van der Waals surface area contributed by atoms with Crippen molar-refractivity contribution in [3.05, 3.63) is 18.2 Å². The van der Waals surface area contributed by atoms with Crippen molar-refractivity contribution < 1.29 is 4.74 Å². The highest BCUT2D eigenvalue weighted by Crippen LogP contribution is 2.37. The number of hydrogen-bond acceptors (Lipinski definition) is 3. The third kappa shape index (κ3) is 2.40. The van der Waals surface area contributed by atoms with E-state index in [0.717, 1.165) is 29.8 Å². The van der Waals surface area contributed by atoms with Crippen LogP contribution in [0.25, 0.3) is 0 Å². The van der Waals surface area contributed by atoms with E-state index in [-0.39, 0.29) is 0 Å². The van der Waals surface area contributed by atoms with Crippen molar-refractivity contribution in [3.63, 3.8) is 0 Å². The second kappa shape index (κ2) is 4.64. The molecule has 0 aliphatic heterocycles. The first kappa shape index (κ1) is 11.1. The molecule has 1 unspecified atom stereocenters. The number of nitrogens with two attached hydrogens (primary N) is 1. The Morgan fingerprint density at radius 3 is 2.88 bits per heavy atom. The minimum Gasteiger partial charge on any atom is -0.495 e. The number of methoxy groups -OCH3 is 1. The van der Waals surface area contributed by atoms with E-state index in [1.54, 1.807) is 7.11 Å². The third-order valence-electron chi connectivity index (χ3n) is 3.33. The highest BCUT2D eigenvalue weighted by molar-refractivity contribution is 5.72. The van der Waals surface area contributed by atoms with E-state index in [4.69, 9.17) is 10.5 Å². The second-order valence-corrected chi connectivity index (χ2v) is 4.62. The summed E-state index contributed by atoms with van der Waals surface area (Å²) in [7, 11) is 1.64. The summed E-state index contributed by atoms with van der Waals surface area (Å²) in [6.07, 6.45) is 2.77. The molecule has 3 nitrogen and oxygen atoms in total. The lowest BCUT2D eigenvalue weighted by atomic mass is 10.1. The summed E-state index contributed by atoms with van der Waals surface area (Å²) in [5.41, 5.74) is 7.66. The molecular weight excluding hydrogens is 200 g/mol. The van der Waals surface area contributed by atoms with E-state index in [1.165, 1.54) is 12.8 Å². The van der Waals surface area contributed by atoms with Crippen LogP contribution in [0.5, 0.6) is 5.75 Å². The van der Waals surface area contributed by atoms with Crippen molar-refractivity contribution in [3.8, 4) is 5.75 Å². The Morgan fingerprint density at radius 2 is 2.25 bits per heavy atom. The van der Waals surface area contributed by atoms with E-state index >= 15 is 0 Å². The van der Waals surface area contributed by atoms with E-state index in [9.17, 15) is 0 Å². The maximum Gasteiger partial charge on any atom is 0.143 e. The topological polar surface area (TPSA) is 47.3 Å². The lowest BCUT2D eigenvalue weighted by molar-refractivity contribution is 0.417. The van der Waals surface area contributed by atoms with E-state index in [2.05, 4.69) is 12.2 Å². The van der Waals surface area contributed by atoms with Gasteiger partial charge in [0.25, 0.3) is 0 Å². The van der Waals surface area contributed by atoms with Crippen molar-refractivity contribution in [2.75, 3.05) is 24.7 Å². The number of hydrogen-bond donors (Lipinski definition) is 2. The summed E-state index contributed by atoms with van der Waals surface area (Å²) in [4.78, 5) is 0. The molecule has 16 heavy (non-hydrogen) atoms. The van der Waals surface area contributed by atoms with Gasteiger partial charge in [0.05, 0.1) is 18.5 Å². The quantitative estimate of drug-likeness (QED) is 0.750. The van der Waals surface area contributed by atoms with Gasteiger partial charge in [0.15, 0.2) is 0 Å². The van der Waals surface area contributed by atoms with Gasteiger partial charge < -0.3 is 15.8 Å². The Hall–Kier alpha value is -1.38. The first-order valence-electron chi connectivity index (χ1n) is 5.88. The van der Waals surface area contributed by atoms with Crippen molar-refractivity contribution >= 4 is 11.4 Å². The molecule has 1 aromatic rings. The van der Waals surface area contributed by atoms with Gasteiger partial charge in [0.1, 0.15) is 5.75 Å². The summed E-state index contributed by atoms with van der Waals surface area (Å²) >= 11 is 0. The molecule has 3 N–H and O–H groups in total. The molecule has 3 heteroatoms. The zero-order valence-corrected chi connectivity index (χ0v) is 9.99. The normalized spacial score (nSPS) is 16.9. The van der Waals surface area contributed by atoms with E-state index in [0.29, 0.717) is 5.69 Å². The molecule has 1 saturated carbocycles. The number of rotatable bonds is 5. The fourth-order valence-electron chi connectivity index (χ4n) is 1.98. The number of nitrogen functional groups attached to an aromatic ring is 1. The first-order chi connectivity index (χ1) is 7.72. The number of anilines is 2. The third-order valence-corrected chi connectivity index (χ3v) is 3.33. The molecule has 88 valence electrons. The van der Waals surface area contributed by atoms with Gasteiger partial charge in [-0.15, -0.1) is 0 Å². The van der Waals surface area contributed by atoms with Gasteiger partial charge in [-0.05, 0) is 36.8 Å². The Bertz CT molecular complexity index is 361. The number of benzene rings is 1. The molecule has 1 atom stereocenters. The SMILES string of the molecule is COc1cccc(NCC(C)C2CC2)c1N. The molecule has 1 fully saturated rings. The predicted molar refractivity (Wildman–Crippen MR) is 67.8 cm³/mol. The van der Waals surface area contributed by atoms with Crippen LogP contribution < -0.4 is 15.8 Å². The number of nitrogens with one attached hydrogen (secondary N) is 1. The zero-order chi connectivity index (χ0) is 11.5. The van der Waals surface area contributed by atoms with Crippen LogP contribution in [0.2, 0.25) is 0 Å². The largest absolute Gasteiger partial charge is 0.495 e. The maximum absolute atomic E-state index is 5.98. The average Bonchev–Trinajstić information content (AvgIpc) is 3.11. The molecule has 0 radical (unpaired) electrons. The van der Waals surface area contributed by atoms with Crippen LogP contribution in [-0.2, 0) is 0 Å². The van der Waals surface area contributed by atoms with E-state index in [1.807, 2.05) is 18.2 Å². The molecule has 0 aromatic heterocycles. The average molecular weight is 220 g/mol. The van der Waals surface area contributed by atoms with Crippen LogP contribution >= 0.6 is 0 Å². The van der Waals surface area contributed by atoms with Gasteiger partial charge in [0, 0.05) is 6.54 Å². The van der Waals surface area contributed by atoms with E-state index < -0.39 is 0 Å². The van der Waals surface area contributed by atoms with Crippen molar-refractivity contribution in [2.45, 2.75) is 19.8 Å². The van der Waals surface area contributed by atoms with Crippen LogP contribution in [0.3, 0.4) is 0 Å². The first-order valence-corrected chi connectivity index (χ1v) is 5.88. The van der Waals surface area contributed by atoms with Crippen LogP contribution in [0.1, 0.15) is 19.8 Å².